The molecule has 11 nitrogen and oxygen atoms in total. The van der Waals surface area contributed by atoms with E-state index in [-0.39, 0.29) is 40.4 Å². The Morgan fingerprint density at radius 2 is 1.95 bits per heavy atom. The minimum atomic E-state index is -1.12. The fourth-order valence-corrected chi connectivity index (χ4v) is 4.25. The maximum absolute atomic E-state index is 12.7. The Kier molecular flexibility index (Phi) is 5.54. The molecule has 1 amide bonds. The Labute approximate surface area is 218 Å². The Morgan fingerprint density at radius 3 is 2.68 bits per heavy atom. The van der Waals surface area contributed by atoms with Crippen molar-refractivity contribution < 1.29 is 32.7 Å². The molecule has 190 valence electrons. The zero-order valence-electron chi connectivity index (χ0n) is 19.6. The fourth-order valence-electron chi connectivity index (χ4n) is 3.96. The number of hydrogen-bond donors (Lipinski definition) is 2. The van der Waals surface area contributed by atoms with E-state index in [0.717, 1.165) is 0 Å². The van der Waals surface area contributed by atoms with Gasteiger partial charge in [-0.15, -0.1) is 0 Å². The summed E-state index contributed by atoms with van der Waals surface area (Å²) in [5.41, 5.74) is 0.156. The number of rotatable bonds is 5. The highest BCUT2D eigenvalue weighted by atomic mass is 35.5. The number of benzene rings is 1. The molecule has 4 aromatic heterocycles. The van der Waals surface area contributed by atoms with Crippen LogP contribution in [0.25, 0.3) is 22.5 Å². The van der Waals surface area contributed by atoms with Gasteiger partial charge in [0.2, 0.25) is 23.0 Å². The van der Waals surface area contributed by atoms with E-state index >= 15 is 0 Å². The monoisotopic (exact) mass is 532 g/mol. The van der Waals surface area contributed by atoms with Gasteiger partial charge in [0.1, 0.15) is 17.2 Å². The van der Waals surface area contributed by atoms with Gasteiger partial charge in [-0.1, -0.05) is 29.8 Å². The number of carbonyl (C=O) groups is 2. The van der Waals surface area contributed by atoms with Crippen LogP contribution in [-0.2, 0) is 14.9 Å². The molecular formula is C26H17ClN4O7. The number of nitrogens with one attached hydrogen (secondary N) is 1. The largest absolute Gasteiger partial charge is 0.480 e. The van der Waals surface area contributed by atoms with E-state index in [1.807, 2.05) is 0 Å². The number of oxazole rings is 2. The number of aliphatic carboxylic acids is 1. The minimum absolute atomic E-state index is 0.0291. The van der Waals surface area contributed by atoms with Crippen LogP contribution in [0.4, 0.5) is 10.5 Å². The summed E-state index contributed by atoms with van der Waals surface area (Å²) in [5.74, 6) is 4.57. The van der Waals surface area contributed by atoms with Gasteiger partial charge in [0.05, 0.1) is 5.39 Å². The predicted octanol–water partition coefficient (Wildman–Crippen LogP) is 5.44. The first-order valence-corrected chi connectivity index (χ1v) is 11.8. The van der Waals surface area contributed by atoms with Crippen LogP contribution in [0, 0.1) is 11.8 Å². The third-order valence-electron chi connectivity index (χ3n) is 6.15. The van der Waals surface area contributed by atoms with Gasteiger partial charge in [0, 0.05) is 22.7 Å². The van der Waals surface area contributed by atoms with E-state index in [0.29, 0.717) is 28.8 Å². The molecule has 0 bridgehead atoms. The first-order valence-electron chi connectivity index (χ1n) is 11.5. The van der Waals surface area contributed by atoms with Crippen molar-refractivity contribution >= 4 is 51.9 Å². The number of carboxylic acids is 1. The van der Waals surface area contributed by atoms with Gasteiger partial charge in [0.25, 0.3) is 5.89 Å². The molecule has 6 rings (SSSR count). The molecule has 0 aliphatic heterocycles. The van der Waals surface area contributed by atoms with Crippen molar-refractivity contribution in [2.75, 3.05) is 5.32 Å². The number of furan rings is 1. The third-order valence-corrected chi connectivity index (χ3v) is 6.49. The molecule has 2 N–H and O–H groups in total. The number of carboxylic acid groups (broad SMARTS) is 1. The van der Waals surface area contributed by atoms with Crippen LogP contribution in [0.1, 0.15) is 49.0 Å². The number of carbonyl (C=O) groups excluding carboxylic acids is 1. The van der Waals surface area contributed by atoms with Crippen molar-refractivity contribution in [3.8, 4) is 11.8 Å². The number of halogens is 1. The van der Waals surface area contributed by atoms with Gasteiger partial charge in [0.15, 0.2) is 0 Å². The maximum atomic E-state index is 12.7. The number of aromatic nitrogens is 3. The minimum Gasteiger partial charge on any atom is -0.480 e. The second kappa shape index (κ2) is 8.93. The van der Waals surface area contributed by atoms with Crippen molar-refractivity contribution in [1.82, 2.24) is 15.0 Å². The van der Waals surface area contributed by atoms with Crippen molar-refractivity contribution in [1.29, 1.82) is 0 Å². The van der Waals surface area contributed by atoms with E-state index < -0.39 is 23.6 Å². The van der Waals surface area contributed by atoms with E-state index in [9.17, 15) is 14.7 Å². The van der Waals surface area contributed by atoms with Crippen LogP contribution >= 0.6 is 11.6 Å². The molecule has 1 aliphatic carbocycles. The highest BCUT2D eigenvalue weighted by Crippen LogP contribution is 2.48. The zero-order valence-corrected chi connectivity index (χ0v) is 20.4. The Balaban J connectivity index is 1.26. The molecule has 1 fully saturated rings. The number of amides is 1. The molecule has 1 saturated carbocycles. The van der Waals surface area contributed by atoms with Crippen molar-refractivity contribution in [2.45, 2.75) is 31.3 Å². The molecule has 0 radical (unpaired) electrons. The summed E-state index contributed by atoms with van der Waals surface area (Å²) in [5, 5.41) is 13.1. The number of fused-ring (bicyclic) bond motifs is 2. The van der Waals surface area contributed by atoms with Crippen LogP contribution in [0.2, 0.25) is 5.02 Å². The number of pyridine rings is 1. The van der Waals surface area contributed by atoms with E-state index in [1.165, 1.54) is 0 Å². The third kappa shape index (κ3) is 4.10. The summed E-state index contributed by atoms with van der Waals surface area (Å²) in [6, 6.07) is 10.5. The second-order valence-electron chi connectivity index (χ2n) is 8.64. The average molecular weight is 533 g/mol. The molecule has 38 heavy (non-hydrogen) atoms. The van der Waals surface area contributed by atoms with Gasteiger partial charge < -0.3 is 23.1 Å². The smallest absolute Gasteiger partial charge is 0.412 e. The van der Waals surface area contributed by atoms with Crippen molar-refractivity contribution in [3.05, 3.63) is 70.7 Å². The maximum Gasteiger partial charge on any atom is 0.412 e. The van der Waals surface area contributed by atoms with Crippen molar-refractivity contribution in [2.24, 2.45) is 0 Å². The van der Waals surface area contributed by atoms with E-state index in [4.69, 9.17) is 29.6 Å². The molecule has 1 unspecified atom stereocenters. The van der Waals surface area contributed by atoms with Crippen LogP contribution < -0.4 is 5.32 Å². The number of anilines is 1. The normalized spacial score (nSPS) is 14.6. The molecular weight excluding hydrogens is 516 g/mol. The van der Waals surface area contributed by atoms with Crippen LogP contribution in [-0.4, -0.2) is 32.1 Å². The summed E-state index contributed by atoms with van der Waals surface area (Å²) in [4.78, 5) is 36.7. The van der Waals surface area contributed by atoms with E-state index in [1.54, 1.807) is 49.5 Å². The Morgan fingerprint density at radius 1 is 1.13 bits per heavy atom. The summed E-state index contributed by atoms with van der Waals surface area (Å²) in [6.07, 6.45) is 1.05. The molecule has 1 aliphatic rings. The molecule has 1 atom stereocenters. The Hall–Kier alpha value is -4.82. The SMILES string of the molecule is CC(OC(=O)Nc1c(C#Cc2nc3nc(C4(C(=O)O)CC4)oc3o2)oc2ncccc12)c1ccccc1Cl. The highest BCUT2D eigenvalue weighted by molar-refractivity contribution is 6.31. The summed E-state index contributed by atoms with van der Waals surface area (Å²) >= 11 is 6.21. The van der Waals surface area contributed by atoms with Gasteiger partial charge in [-0.2, -0.15) is 9.97 Å². The molecule has 4 heterocycles. The highest BCUT2D eigenvalue weighted by Gasteiger charge is 2.56. The van der Waals surface area contributed by atoms with Crippen LogP contribution in [0.15, 0.2) is 55.8 Å². The second-order valence-corrected chi connectivity index (χ2v) is 9.05. The standard InChI is InChI=1S/C26H17ClN4O7/c1-13(14-5-2-3-7-16(14)27)35-25(34)30-19-15-6-4-12-28-21(15)36-17(19)8-9-18-29-20-22(37-18)38-23(31-20)26(10-11-26)24(32)33/h2-7,12-13H,10-11H2,1H3,(H,30,34)(H,32,33). The Bertz CT molecular complexity index is 1760. The molecule has 5 aromatic rings. The quantitative estimate of drug-likeness (QED) is 0.280. The molecule has 12 heteroatoms. The first kappa shape index (κ1) is 23.6. The number of ether oxygens (including phenoxy) is 1. The average Bonchev–Trinajstić information content (AvgIpc) is 3.32. The predicted molar refractivity (Wildman–Crippen MR) is 133 cm³/mol. The van der Waals surface area contributed by atoms with Gasteiger partial charge in [-0.05, 0) is 43.9 Å². The lowest BCUT2D eigenvalue weighted by atomic mass is 10.1. The summed E-state index contributed by atoms with van der Waals surface area (Å²) in [7, 11) is 0. The number of hydrogen-bond acceptors (Lipinski definition) is 9. The topological polar surface area (TPSA) is 154 Å². The molecule has 1 aromatic carbocycles. The van der Waals surface area contributed by atoms with Crippen LogP contribution in [0.3, 0.4) is 0 Å². The lowest BCUT2D eigenvalue weighted by molar-refractivity contribution is -0.140. The van der Waals surface area contributed by atoms with E-state index in [2.05, 4.69) is 32.1 Å². The molecule has 0 saturated heterocycles. The van der Waals surface area contributed by atoms with Crippen molar-refractivity contribution in [3.63, 3.8) is 0 Å². The van der Waals surface area contributed by atoms with Crippen LogP contribution in [0.5, 0.6) is 0 Å². The van der Waals surface area contributed by atoms with Gasteiger partial charge in [-0.3, -0.25) is 10.1 Å². The summed E-state index contributed by atoms with van der Waals surface area (Å²) in [6.45, 7) is 1.70. The molecule has 0 spiro atoms. The fraction of sp³-hybridized carbons (Fsp3) is 0.192. The van der Waals surface area contributed by atoms with Gasteiger partial charge >= 0.3 is 17.8 Å². The first-order chi connectivity index (χ1) is 18.3. The summed E-state index contributed by atoms with van der Waals surface area (Å²) < 4.78 is 22.2. The zero-order chi connectivity index (χ0) is 26.4. The number of nitrogens with zero attached hydrogens (tertiary/aromatic N) is 3. The van der Waals surface area contributed by atoms with Gasteiger partial charge in [-0.25, -0.2) is 9.78 Å². The lowest BCUT2D eigenvalue weighted by Gasteiger charge is -2.15. The lowest BCUT2D eigenvalue weighted by Crippen LogP contribution is -2.19.